The number of hydrogen-bond acceptors (Lipinski definition) is 4. The Morgan fingerprint density at radius 2 is 2.22 bits per heavy atom. The van der Waals surface area contributed by atoms with Crippen molar-refractivity contribution in [2.45, 2.75) is 25.4 Å². The highest BCUT2D eigenvalue weighted by Crippen LogP contribution is 2.30. The van der Waals surface area contributed by atoms with Gasteiger partial charge < -0.3 is 15.0 Å². The average Bonchev–Trinajstić information content (AvgIpc) is 3.15. The van der Waals surface area contributed by atoms with Gasteiger partial charge in [0.1, 0.15) is 11.6 Å². The predicted molar refractivity (Wildman–Crippen MR) is 90.4 cm³/mol. The molecule has 1 unspecified atom stereocenters. The largest absolute Gasteiger partial charge is 0.392 e. The smallest absolute Gasteiger partial charge is 0.134 e. The molecule has 23 heavy (non-hydrogen) atoms. The van der Waals surface area contributed by atoms with Gasteiger partial charge in [-0.2, -0.15) is 0 Å². The molecule has 1 aromatic carbocycles. The van der Waals surface area contributed by atoms with Crippen molar-refractivity contribution in [2.24, 2.45) is 0 Å². The third kappa shape index (κ3) is 2.68. The standard InChI is InChI=1S/C18H20N4O/c23-12-15-10-13-4-1-2-6-16(13)21-18(15)22-9-3-5-14(11-22)17-19-7-8-20-17/h1-2,4,6-8,10,14,23H,3,5,9,11-12H2,(H,19,20). The van der Waals surface area contributed by atoms with E-state index in [2.05, 4.69) is 14.9 Å². The number of fused-ring (bicyclic) bond motifs is 1. The van der Waals surface area contributed by atoms with E-state index in [9.17, 15) is 5.11 Å². The van der Waals surface area contributed by atoms with Gasteiger partial charge in [0, 0.05) is 42.4 Å². The predicted octanol–water partition coefficient (Wildman–Crippen LogP) is 2.83. The van der Waals surface area contributed by atoms with E-state index in [1.165, 1.54) is 0 Å². The van der Waals surface area contributed by atoms with E-state index in [1.807, 2.05) is 42.7 Å². The number of H-pyrrole nitrogens is 1. The van der Waals surface area contributed by atoms with E-state index in [-0.39, 0.29) is 6.61 Å². The second-order valence-electron chi connectivity index (χ2n) is 6.08. The fourth-order valence-corrected chi connectivity index (χ4v) is 3.43. The van der Waals surface area contributed by atoms with Gasteiger partial charge in [0.05, 0.1) is 12.1 Å². The quantitative estimate of drug-likeness (QED) is 0.781. The fraction of sp³-hybridized carbons (Fsp3) is 0.333. The van der Waals surface area contributed by atoms with Crippen LogP contribution in [0.3, 0.4) is 0 Å². The van der Waals surface area contributed by atoms with Crippen LogP contribution in [0.2, 0.25) is 0 Å². The first-order chi connectivity index (χ1) is 11.3. The van der Waals surface area contributed by atoms with Gasteiger partial charge in [-0.15, -0.1) is 0 Å². The fourth-order valence-electron chi connectivity index (χ4n) is 3.43. The number of hydrogen-bond donors (Lipinski definition) is 2. The molecule has 2 N–H and O–H groups in total. The Morgan fingerprint density at radius 1 is 1.30 bits per heavy atom. The molecule has 3 heterocycles. The maximum absolute atomic E-state index is 9.77. The molecular formula is C18H20N4O. The van der Waals surface area contributed by atoms with Crippen LogP contribution in [0.1, 0.15) is 30.1 Å². The van der Waals surface area contributed by atoms with Crippen molar-refractivity contribution < 1.29 is 5.11 Å². The van der Waals surface area contributed by atoms with Crippen LogP contribution in [0.5, 0.6) is 0 Å². The number of aromatic amines is 1. The molecule has 1 saturated heterocycles. The molecule has 0 spiro atoms. The Hall–Kier alpha value is -2.40. The first-order valence-corrected chi connectivity index (χ1v) is 8.09. The Kier molecular flexibility index (Phi) is 3.71. The summed E-state index contributed by atoms with van der Waals surface area (Å²) in [6.07, 6.45) is 5.92. The molecule has 1 aliphatic rings. The molecule has 118 valence electrons. The zero-order chi connectivity index (χ0) is 15.6. The molecule has 5 nitrogen and oxygen atoms in total. The minimum atomic E-state index is 0.00901. The maximum Gasteiger partial charge on any atom is 0.134 e. The van der Waals surface area contributed by atoms with Crippen LogP contribution in [0.4, 0.5) is 5.82 Å². The number of rotatable bonds is 3. The number of imidazole rings is 1. The van der Waals surface area contributed by atoms with Crippen LogP contribution in [-0.4, -0.2) is 33.1 Å². The number of aliphatic hydroxyl groups is 1. The Bertz CT molecular complexity index is 800. The number of nitrogens with zero attached hydrogens (tertiary/aromatic N) is 3. The molecule has 3 aromatic rings. The lowest BCUT2D eigenvalue weighted by Gasteiger charge is -2.34. The molecular weight excluding hydrogens is 288 g/mol. The van der Waals surface area contributed by atoms with E-state index >= 15 is 0 Å². The number of pyridine rings is 1. The second-order valence-corrected chi connectivity index (χ2v) is 6.08. The van der Waals surface area contributed by atoms with Crippen LogP contribution in [-0.2, 0) is 6.61 Å². The summed E-state index contributed by atoms with van der Waals surface area (Å²) >= 11 is 0. The Morgan fingerprint density at radius 3 is 3.04 bits per heavy atom. The summed E-state index contributed by atoms with van der Waals surface area (Å²) in [5, 5.41) is 10.8. The summed E-state index contributed by atoms with van der Waals surface area (Å²) in [5.74, 6) is 2.34. The summed E-state index contributed by atoms with van der Waals surface area (Å²) in [6, 6.07) is 10.1. The highest BCUT2D eigenvalue weighted by molar-refractivity contribution is 5.81. The topological polar surface area (TPSA) is 65.0 Å². The molecule has 4 rings (SSSR count). The van der Waals surface area contributed by atoms with Crippen LogP contribution in [0, 0.1) is 0 Å². The number of anilines is 1. The lowest BCUT2D eigenvalue weighted by molar-refractivity contribution is 0.281. The van der Waals surface area contributed by atoms with Gasteiger partial charge in [-0.1, -0.05) is 18.2 Å². The average molecular weight is 308 g/mol. The lowest BCUT2D eigenvalue weighted by Crippen LogP contribution is -2.36. The van der Waals surface area contributed by atoms with Crippen molar-refractivity contribution in [1.82, 2.24) is 15.0 Å². The van der Waals surface area contributed by atoms with Crippen molar-refractivity contribution >= 4 is 16.7 Å². The van der Waals surface area contributed by atoms with E-state index < -0.39 is 0 Å². The molecule has 0 radical (unpaired) electrons. The molecule has 1 atom stereocenters. The van der Waals surface area contributed by atoms with Gasteiger partial charge >= 0.3 is 0 Å². The molecule has 0 amide bonds. The molecule has 1 aliphatic heterocycles. The molecule has 2 aromatic heterocycles. The third-order valence-corrected chi connectivity index (χ3v) is 4.58. The minimum absolute atomic E-state index is 0.00901. The van der Waals surface area contributed by atoms with Crippen molar-refractivity contribution in [3.05, 3.63) is 54.1 Å². The second kappa shape index (κ2) is 6.01. The number of aliphatic hydroxyl groups excluding tert-OH is 1. The highest BCUT2D eigenvalue weighted by Gasteiger charge is 2.25. The zero-order valence-electron chi connectivity index (χ0n) is 12.9. The summed E-state index contributed by atoms with van der Waals surface area (Å²) in [4.78, 5) is 14.7. The molecule has 0 bridgehead atoms. The summed E-state index contributed by atoms with van der Waals surface area (Å²) in [6.45, 7) is 1.86. The van der Waals surface area contributed by atoms with E-state index in [0.29, 0.717) is 5.92 Å². The highest BCUT2D eigenvalue weighted by atomic mass is 16.3. The van der Waals surface area contributed by atoms with E-state index in [1.54, 1.807) is 0 Å². The SMILES string of the molecule is OCc1cc2ccccc2nc1N1CCCC(c2ncc[nH]2)C1. The van der Waals surface area contributed by atoms with Crippen molar-refractivity contribution in [1.29, 1.82) is 0 Å². The summed E-state index contributed by atoms with van der Waals surface area (Å²) in [5.41, 5.74) is 1.86. The zero-order valence-corrected chi connectivity index (χ0v) is 12.9. The number of benzene rings is 1. The van der Waals surface area contributed by atoms with Gasteiger partial charge in [0.2, 0.25) is 0 Å². The maximum atomic E-state index is 9.77. The monoisotopic (exact) mass is 308 g/mol. The van der Waals surface area contributed by atoms with Crippen molar-refractivity contribution in [3.8, 4) is 0 Å². The first kappa shape index (κ1) is 14.2. The molecule has 0 aliphatic carbocycles. The van der Waals surface area contributed by atoms with Crippen LogP contribution in [0.25, 0.3) is 10.9 Å². The van der Waals surface area contributed by atoms with E-state index in [0.717, 1.165) is 54.0 Å². The van der Waals surface area contributed by atoms with Gasteiger partial charge in [-0.05, 0) is 25.0 Å². The number of aromatic nitrogens is 3. The number of nitrogens with one attached hydrogen (secondary N) is 1. The van der Waals surface area contributed by atoms with Gasteiger partial charge in [0.25, 0.3) is 0 Å². The Balaban J connectivity index is 1.69. The molecule has 0 saturated carbocycles. The van der Waals surface area contributed by atoms with Gasteiger partial charge in [-0.3, -0.25) is 0 Å². The molecule has 1 fully saturated rings. The molecule has 5 heteroatoms. The van der Waals surface area contributed by atoms with Crippen LogP contribution in [0.15, 0.2) is 42.7 Å². The lowest BCUT2D eigenvalue weighted by atomic mass is 9.97. The first-order valence-electron chi connectivity index (χ1n) is 8.09. The normalized spacial score (nSPS) is 18.5. The third-order valence-electron chi connectivity index (χ3n) is 4.58. The number of piperidine rings is 1. The minimum Gasteiger partial charge on any atom is -0.392 e. The Labute approximate surface area is 135 Å². The number of para-hydroxylation sites is 1. The summed E-state index contributed by atoms with van der Waals surface area (Å²) < 4.78 is 0. The van der Waals surface area contributed by atoms with Crippen LogP contribution >= 0.6 is 0 Å². The van der Waals surface area contributed by atoms with Crippen LogP contribution < -0.4 is 4.90 Å². The van der Waals surface area contributed by atoms with Crippen molar-refractivity contribution in [2.75, 3.05) is 18.0 Å². The van der Waals surface area contributed by atoms with Gasteiger partial charge in [0.15, 0.2) is 0 Å². The van der Waals surface area contributed by atoms with Gasteiger partial charge in [-0.25, -0.2) is 9.97 Å². The summed E-state index contributed by atoms with van der Waals surface area (Å²) in [7, 11) is 0. The van der Waals surface area contributed by atoms with E-state index in [4.69, 9.17) is 4.98 Å². The van der Waals surface area contributed by atoms with Crippen molar-refractivity contribution in [3.63, 3.8) is 0 Å².